The molecule has 1 aliphatic heterocycles. The first-order valence-electron chi connectivity index (χ1n) is 9.60. The van der Waals surface area contributed by atoms with Gasteiger partial charge in [-0.25, -0.2) is 4.98 Å². The van der Waals surface area contributed by atoms with Gasteiger partial charge in [0.25, 0.3) is 0 Å². The van der Waals surface area contributed by atoms with Crippen molar-refractivity contribution in [2.75, 3.05) is 37.7 Å². The van der Waals surface area contributed by atoms with Crippen molar-refractivity contribution in [3.05, 3.63) is 23.9 Å². The van der Waals surface area contributed by atoms with E-state index in [0.717, 1.165) is 25.2 Å². The van der Waals surface area contributed by atoms with Crippen molar-refractivity contribution in [1.82, 2.24) is 9.88 Å². The topological polar surface area (TPSA) is 39.6 Å². The third kappa shape index (κ3) is 4.88. The van der Waals surface area contributed by atoms with Gasteiger partial charge in [-0.2, -0.15) is 13.2 Å². The highest BCUT2D eigenvalue weighted by Gasteiger charge is 2.33. The normalized spacial score (nSPS) is 23.4. The number of hydrogen-bond acceptors (Lipinski definition) is 4. The third-order valence-electron chi connectivity index (χ3n) is 5.68. The van der Waals surface area contributed by atoms with E-state index in [2.05, 4.69) is 9.88 Å². The zero-order valence-electron chi connectivity index (χ0n) is 15.1. The smallest absolute Gasteiger partial charge is 0.396 e. The molecule has 7 heteroatoms. The molecule has 0 unspecified atom stereocenters. The first-order valence-corrected chi connectivity index (χ1v) is 9.60. The molecule has 26 heavy (non-hydrogen) atoms. The fourth-order valence-electron chi connectivity index (χ4n) is 4.23. The van der Waals surface area contributed by atoms with Gasteiger partial charge >= 0.3 is 6.18 Å². The number of rotatable bonds is 5. The summed E-state index contributed by atoms with van der Waals surface area (Å²) in [7, 11) is 0. The van der Waals surface area contributed by atoms with Crippen molar-refractivity contribution in [3.8, 4) is 0 Å². The summed E-state index contributed by atoms with van der Waals surface area (Å²) in [5.41, 5.74) is -0.661. The number of aromatic nitrogens is 1. The molecule has 0 radical (unpaired) electrons. The summed E-state index contributed by atoms with van der Waals surface area (Å²) in [5.74, 6) is 1.09. The van der Waals surface area contributed by atoms with Gasteiger partial charge in [0.05, 0.1) is 5.56 Å². The van der Waals surface area contributed by atoms with Crippen LogP contribution in [0.15, 0.2) is 18.3 Å². The lowest BCUT2D eigenvalue weighted by Gasteiger charge is -2.43. The molecule has 1 N–H and O–H groups in total. The predicted molar refractivity (Wildman–Crippen MR) is 95.1 cm³/mol. The van der Waals surface area contributed by atoms with Gasteiger partial charge < -0.3 is 10.0 Å². The molecular formula is C19H28F3N3O. The zero-order chi connectivity index (χ0) is 18.6. The van der Waals surface area contributed by atoms with Crippen LogP contribution < -0.4 is 4.90 Å². The number of aliphatic hydroxyl groups is 1. The van der Waals surface area contributed by atoms with Gasteiger partial charge in [-0.15, -0.1) is 0 Å². The van der Waals surface area contributed by atoms with Crippen molar-refractivity contribution in [1.29, 1.82) is 0 Å². The molecule has 0 aromatic carbocycles. The molecule has 1 saturated heterocycles. The summed E-state index contributed by atoms with van der Waals surface area (Å²) >= 11 is 0. The molecular weight excluding hydrogens is 343 g/mol. The van der Waals surface area contributed by atoms with Crippen molar-refractivity contribution in [3.63, 3.8) is 0 Å². The van der Waals surface area contributed by atoms with E-state index < -0.39 is 11.7 Å². The molecule has 2 heterocycles. The lowest BCUT2D eigenvalue weighted by molar-refractivity contribution is -0.137. The molecule has 2 aliphatic rings. The fraction of sp³-hybridized carbons (Fsp3) is 0.737. The van der Waals surface area contributed by atoms with Gasteiger partial charge in [0, 0.05) is 45.0 Å². The van der Waals surface area contributed by atoms with Gasteiger partial charge in [0.15, 0.2) is 0 Å². The zero-order valence-corrected chi connectivity index (χ0v) is 15.1. The van der Waals surface area contributed by atoms with Crippen LogP contribution in [-0.4, -0.2) is 53.8 Å². The Bertz CT molecular complexity index is 575. The molecule has 1 atom stereocenters. The second kappa shape index (κ2) is 8.57. The number of anilines is 1. The highest BCUT2D eigenvalue weighted by molar-refractivity contribution is 5.42. The molecule has 0 bridgehead atoms. The van der Waals surface area contributed by atoms with E-state index >= 15 is 0 Å². The Kier molecular flexibility index (Phi) is 6.40. The Labute approximate surface area is 153 Å². The summed E-state index contributed by atoms with van der Waals surface area (Å²) < 4.78 is 38.9. The number of nitrogens with zero attached hydrogens (tertiary/aromatic N) is 3. The minimum Gasteiger partial charge on any atom is -0.396 e. The van der Waals surface area contributed by atoms with Crippen LogP contribution in [0.25, 0.3) is 0 Å². The highest BCUT2D eigenvalue weighted by Crippen LogP contribution is 2.32. The predicted octanol–water partition coefficient (Wildman–Crippen LogP) is 3.55. The molecule has 1 aromatic heterocycles. The van der Waals surface area contributed by atoms with E-state index in [1.807, 2.05) is 4.90 Å². The summed E-state index contributed by atoms with van der Waals surface area (Å²) in [6.45, 7) is 3.22. The van der Waals surface area contributed by atoms with Gasteiger partial charge in [0.1, 0.15) is 5.82 Å². The summed E-state index contributed by atoms with van der Waals surface area (Å²) in [6, 6.07) is 2.30. The number of pyridine rings is 1. The number of alkyl halides is 3. The number of hydrogen-bond donors (Lipinski definition) is 1. The van der Waals surface area contributed by atoms with E-state index in [-0.39, 0.29) is 12.6 Å². The first kappa shape index (κ1) is 19.4. The third-order valence-corrected chi connectivity index (χ3v) is 5.68. The monoisotopic (exact) mass is 371 g/mol. The van der Waals surface area contributed by atoms with Crippen molar-refractivity contribution in [2.24, 2.45) is 5.92 Å². The molecule has 0 spiro atoms. The second-order valence-corrected chi connectivity index (χ2v) is 7.51. The average molecular weight is 371 g/mol. The van der Waals surface area contributed by atoms with Gasteiger partial charge in [0.2, 0.25) is 0 Å². The average Bonchev–Trinajstić information content (AvgIpc) is 2.64. The number of aliphatic hydroxyl groups excluding tert-OH is 1. The van der Waals surface area contributed by atoms with Crippen LogP contribution >= 0.6 is 0 Å². The standard InChI is InChI=1S/C19H28F3N3O/c20-19(21,22)16-6-8-23-18(12-16)25-10-9-24(17(14-25)7-11-26)13-15-4-2-1-3-5-15/h6,8,12,15,17,26H,1-5,7,9-11,13-14H2/t17-/m1/s1. The van der Waals surface area contributed by atoms with Crippen LogP contribution in [0, 0.1) is 5.92 Å². The summed E-state index contributed by atoms with van der Waals surface area (Å²) in [4.78, 5) is 8.51. The molecule has 1 saturated carbocycles. The Morgan fingerprint density at radius 2 is 1.92 bits per heavy atom. The SMILES string of the molecule is OCC[C@@H]1CN(c2cc(C(F)(F)F)ccn2)CCN1CC1CCCCC1. The van der Waals surface area contributed by atoms with E-state index in [0.29, 0.717) is 31.2 Å². The maximum Gasteiger partial charge on any atom is 0.416 e. The highest BCUT2D eigenvalue weighted by atomic mass is 19.4. The quantitative estimate of drug-likeness (QED) is 0.859. The minimum atomic E-state index is -4.36. The second-order valence-electron chi connectivity index (χ2n) is 7.51. The van der Waals surface area contributed by atoms with Gasteiger partial charge in [-0.1, -0.05) is 19.3 Å². The summed E-state index contributed by atoms with van der Waals surface area (Å²) in [6.07, 6.45) is 3.96. The fourth-order valence-corrected chi connectivity index (χ4v) is 4.23. The van der Waals surface area contributed by atoms with E-state index in [1.54, 1.807) is 0 Å². The van der Waals surface area contributed by atoms with Crippen molar-refractivity contribution < 1.29 is 18.3 Å². The molecule has 2 fully saturated rings. The molecule has 146 valence electrons. The summed E-state index contributed by atoms with van der Waals surface area (Å²) in [5, 5.41) is 9.44. The van der Waals surface area contributed by atoms with Gasteiger partial charge in [-0.05, 0) is 37.3 Å². The van der Waals surface area contributed by atoms with Crippen molar-refractivity contribution >= 4 is 5.82 Å². The minimum absolute atomic E-state index is 0.0929. The van der Waals surface area contributed by atoms with E-state index in [1.165, 1.54) is 38.3 Å². The molecule has 3 rings (SSSR count). The molecule has 0 amide bonds. The first-order chi connectivity index (χ1) is 12.5. The maximum absolute atomic E-state index is 13.0. The van der Waals surface area contributed by atoms with Crippen LogP contribution in [0.4, 0.5) is 19.0 Å². The Morgan fingerprint density at radius 1 is 1.15 bits per heavy atom. The largest absolute Gasteiger partial charge is 0.416 e. The van der Waals surface area contributed by atoms with Crippen LogP contribution in [0.1, 0.15) is 44.1 Å². The van der Waals surface area contributed by atoms with Crippen LogP contribution in [-0.2, 0) is 6.18 Å². The van der Waals surface area contributed by atoms with Crippen LogP contribution in [0.5, 0.6) is 0 Å². The number of halogens is 3. The van der Waals surface area contributed by atoms with E-state index in [9.17, 15) is 18.3 Å². The molecule has 1 aliphatic carbocycles. The lowest BCUT2D eigenvalue weighted by Crippen LogP contribution is -2.55. The van der Waals surface area contributed by atoms with Crippen LogP contribution in [0.3, 0.4) is 0 Å². The van der Waals surface area contributed by atoms with Crippen molar-refractivity contribution in [2.45, 2.75) is 50.7 Å². The van der Waals surface area contributed by atoms with Crippen LogP contribution in [0.2, 0.25) is 0 Å². The van der Waals surface area contributed by atoms with Gasteiger partial charge in [-0.3, -0.25) is 4.90 Å². The molecule has 4 nitrogen and oxygen atoms in total. The number of piperazine rings is 1. The lowest BCUT2D eigenvalue weighted by atomic mass is 9.88. The molecule has 1 aromatic rings. The Balaban J connectivity index is 1.67. The Hall–Kier alpha value is -1.34. The maximum atomic E-state index is 13.0. The van der Waals surface area contributed by atoms with E-state index in [4.69, 9.17) is 0 Å². The Morgan fingerprint density at radius 3 is 2.62 bits per heavy atom.